The van der Waals surface area contributed by atoms with E-state index >= 15 is 0 Å². The van der Waals surface area contributed by atoms with E-state index in [9.17, 15) is 13.2 Å². The van der Waals surface area contributed by atoms with Gasteiger partial charge in [0.05, 0.1) is 6.54 Å². The molecule has 3 nitrogen and oxygen atoms in total. The molecule has 7 heteroatoms. The average molecular weight is 341 g/mol. The fourth-order valence-corrected chi connectivity index (χ4v) is 2.78. The van der Waals surface area contributed by atoms with Gasteiger partial charge < -0.3 is 10.6 Å². The fraction of sp³-hybridized carbons (Fsp3) is 0.438. The van der Waals surface area contributed by atoms with Crippen molar-refractivity contribution in [1.29, 1.82) is 0 Å². The fourth-order valence-electron chi connectivity index (χ4n) is 2.58. The second kappa shape index (κ2) is 7.66. The van der Waals surface area contributed by atoms with Crippen LogP contribution in [0.5, 0.6) is 0 Å². The Morgan fingerprint density at radius 1 is 1.43 bits per heavy atom. The number of hydrogen-bond donors (Lipinski definition) is 2. The molecule has 0 aliphatic carbocycles. The number of nitrogens with zero attached hydrogens (tertiary/aromatic N) is 1. The van der Waals surface area contributed by atoms with E-state index in [2.05, 4.69) is 16.6 Å². The zero-order valence-corrected chi connectivity index (χ0v) is 13.3. The van der Waals surface area contributed by atoms with Crippen LogP contribution >= 0.6 is 12.2 Å². The maximum atomic E-state index is 12.4. The summed E-state index contributed by atoms with van der Waals surface area (Å²) >= 11 is 5.20. The van der Waals surface area contributed by atoms with Gasteiger partial charge in [-0.2, -0.15) is 13.2 Å². The van der Waals surface area contributed by atoms with Crippen molar-refractivity contribution in [1.82, 2.24) is 10.2 Å². The molecule has 1 heterocycles. The van der Waals surface area contributed by atoms with Gasteiger partial charge >= 0.3 is 6.18 Å². The lowest BCUT2D eigenvalue weighted by Crippen LogP contribution is -2.36. The van der Waals surface area contributed by atoms with E-state index in [0.29, 0.717) is 24.7 Å². The molecule has 2 N–H and O–H groups in total. The molecule has 0 saturated carbocycles. The predicted molar refractivity (Wildman–Crippen MR) is 89.2 cm³/mol. The van der Waals surface area contributed by atoms with Gasteiger partial charge in [0.15, 0.2) is 5.11 Å². The number of thiocarbonyl (C=S) groups is 1. The number of rotatable bonds is 4. The van der Waals surface area contributed by atoms with E-state index in [0.717, 1.165) is 17.7 Å². The predicted octanol–water partition coefficient (Wildman–Crippen LogP) is 2.84. The zero-order valence-electron chi connectivity index (χ0n) is 12.5. The van der Waals surface area contributed by atoms with Crippen molar-refractivity contribution in [3.63, 3.8) is 0 Å². The Balaban J connectivity index is 1.74. The second-order valence-electron chi connectivity index (χ2n) is 5.57. The molecule has 0 unspecified atom stereocenters. The number of benzene rings is 1. The first-order valence-corrected chi connectivity index (χ1v) is 7.67. The number of halogens is 3. The molecule has 0 radical (unpaired) electrons. The molecule has 124 valence electrons. The van der Waals surface area contributed by atoms with Gasteiger partial charge in [-0.3, -0.25) is 4.90 Å². The largest absolute Gasteiger partial charge is 0.401 e. The second-order valence-corrected chi connectivity index (χ2v) is 5.97. The third kappa shape index (κ3) is 6.08. The van der Waals surface area contributed by atoms with Gasteiger partial charge in [-0.25, -0.2) is 0 Å². The lowest BCUT2D eigenvalue weighted by Gasteiger charge is -2.18. The van der Waals surface area contributed by atoms with Gasteiger partial charge in [0.25, 0.3) is 0 Å². The lowest BCUT2D eigenvalue weighted by atomic mass is 10.1. The minimum atomic E-state index is -4.14. The van der Waals surface area contributed by atoms with Crippen molar-refractivity contribution in [2.24, 2.45) is 5.92 Å². The summed E-state index contributed by atoms with van der Waals surface area (Å²) in [5, 5.41) is 6.51. The Bertz CT molecular complexity index is 595. The van der Waals surface area contributed by atoms with Crippen LogP contribution in [0.3, 0.4) is 0 Å². The SMILES string of the molecule is C#Cc1cccc(NC(=S)NC[C@@H]2CCN(CC(F)(F)F)C2)c1. The van der Waals surface area contributed by atoms with Gasteiger partial charge in [-0.05, 0) is 49.3 Å². The summed E-state index contributed by atoms with van der Waals surface area (Å²) in [6.07, 6.45) is 1.93. The normalized spacial score (nSPS) is 18.4. The quantitative estimate of drug-likeness (QED) is 0.651. The topological polar surface area (TPSA) is 27.3 Å². The number of anilines is 1. The number of hydrogen-bond acceptors (Lipinski definition) is 2. The third-order valence-electron chi connectivity index (χ3n) is 3.61. The first kappa shape index (κ1) is 17.6. The van der Waals surface area contributed by atoms with Gasteiger partial charge in [0.2, 0.25) is 0 Å². The number of nitrogens with one attached hydrogen (secondary N) is 2. The highest BCUT2D eigenvalue weighted by Crippen LogP contribution is 2.22. The van der Waals surface area contributed by atoms with Gasteiger partial charge in [-0.1, -0.05) is 12.0 Å². The highest BCUT2D eigenvalue weighted by atomic mass is 32.1. The number of alkyl halides is 3. The molecule has 0 spiro atoms. The van der Waals surface area contributed by atoms with Gasteiger partial charge in [-0.15, -0.1) is 6.42 Å². The molecule has 0 bridgehead atoms. The standard InChI is InChI=1S/C16H18F3N3S/c1-2-12-4-3-5-14(8-12)21-15(23)20-9-13-6-7-22(10-13)11-16(17,18)19/h1,3-5,8,13H,6-7,9-11H2,(H2,20,21,23)/t13-/m0/s1. The van der Waals surface area contributed by atoms with Crippen LogP contribution in [0.2, 0.25) is 0 Å². The Morgan fingerprint density at radius 2 is 2.22 bits per heavy atom. The first-order valence-electron chi connectivity index (χ1n) is 7.26. The minimum absolute atomic E-state index is 0.161. The highest BCUT2D eigenvalue weighted by molar-refractivity contribution is 7.80. The van der Waals surface area contributed by atoms with E-state index in [4.69, 9.17) is 18.6 Å². The van der Waals surface area contributed by atoms with Crippen LogP contribution in [0.4, 0.5) is 18.9 Å². The summed E-state index contributed by atoms with van der Waals surface area (Å²) in [5.41, 5.74) is 1.53. The molecule has 0 amide bonds. The van der Waals surface area contributed by atoms with Crippen molar-refractivity contribution < 1.29 is 13.2 Å². The molecule has 1 aliphatic rings. The molecule has 1 atom stereocenters. The smallest absolute Gasteiger partial charge is 0.362 e. The van der Waals surface area contributed by atoms with E-state index in [1.807, 2.05) is 18.2 Å². The molecule has 23 heavy (non-hydrogen) atoms. The molecule has 1 aromatic rings. The van der Waals surface area contributed by atoms with Crippen LogP contribution in [0.1, 0.15) is 12.0 Å². The monoisotopic (exact) mass is 341 g/mol. The van der Waals surface area contributed by atoms with E-state index in [1.54, 1.807) is 6.07 Å². The van der Waals surface area contributed by atoms with E-state index < -0.39 is 12.7 Å². The first-order chi connectivity index (χ1) is 10.9. The Hall–Kier alpha value is -1.78. The molecular formula is C16H18F3N3S. The van der Waals surface area contributed by atoms with Gasteiger partial charge in [0.1, 0.15) is 0 Å². The summed E-state index contributed by atoms with van der Waals surface area (Å²) in [5.74, 6) is 2.70. The summed E-state index contributed by atoms with van der Waals surface area (Å²) in [4.78, 5) is 1.43. The Kier molecular flexibility index (Phi) is 5.85. The van der Waals surface area contributed by atoms with E-state index in [1.165, 1.54) is 4.90 Å². The Morgan fingerprint density at radius 3 is 2.91 bits per heavy atom. The lowest BCUT2D eigenvalue weighted by molar-refractivity contribution is -0.143. The van der Waals surface area contributed by atoms with Crippen LogP contribution in [-0.2, 0) is 0 Å². The minimum Gasteiger partial charge on any atom is -0.362 e. The average Bonchev–Trinajstić information content (AvgIpc) is 2.91. The molecular weight excluding hydrogens is 323 g/mol. The van der Waals surface area contributed by atoms with E-state index in [-0.39, 0.29) is 5.92 Å². The molecule has 1 fully saturated rings. The van der Waals surface area contributed by atoms with Crippen molar-refractivity contribution in [2.45, 2.75) is 12.6 Å². The van der Waals surface area contributed by atoms with Crippen LogP contribution < -0.4 is 10.6 Å². The van der Waals surface area contributed by atoms with Crippen molar-refractivity contribution in [2.75, 3.05) is 31.5 Å². The summed E-state index contributed by atoms with van der Waals surface area (Å²) in [6, 6.07) is 7.28. The van der Waals surface area contributed by atoms with Crippen LogP contribution in [0, 0.1) is 18.3 Å². The number of terminal acetylenes is 1. The maximum Gasteiger partial charge on any atom is 0.401 e. The molecule has 0 aromatic heterocycles. The number of likely N-dealkylation sites (tertiary alicyclic amines) is 1. The summed E-state index contributed by atoms with van der Waals surface area (Å²) in [6.45, 7) is 0.609. The molecule has 1 aliphatic heterocycles. The molecule has 1 aromatic carbocycles. The van der Waals surface area contributed by atoms with Crippen molar-refractivity contribution in [3.05, 3.63) is 29.8 Å². The van der Waals surface area contributed by atoms with Crippen molar-refractivity contribution in [3.8, 4) is 12.3 Å². The highest BCUT2D eigenvalue weighted by Gasteiger charge is 2.34. The van der Waals surface area contributed by atoms with Crippen LogP contribution in [0.25, 0.3) is 0 Å². The van der Waals surface area contributed by atoms with Crippen molar-refractivity contribution >= 4 is 23.0 Å². The zero-order chi connectivity index (χ0) is 16.9. The Labute approximate surface area is 139 Å². The van der Waals surface area contributed by atoms with Crippen LogP contribution in [-0.4, -0.2) is 42.4 Å². The summed E-state index contributed by atoms with van der Waals surface area (Å²) < 4.78 is 37.1. The third-order valence-corrected chi connectivity index (χ3v) is 3.86. The maximum absolute atomic E-state index is 12.4. The van der Waals surface area contributed by atoms with Crippen LogP contribution in [0.15, 0.2) is 24.3 Å². The summed E-state index contributed by atoms with van der Waals surface area (Å²) in [7, 11) is 0. The van der Waals surface area contributed by atoms with Gasteiger partial charge in [0, 0.05) is 24.3 Å². The molecule has 2 rings (SSSR count). The molecule has 1 saturated heterocycles.